The van der Waals surface area contributed by atoms with Gasteiger partial charge < -0.3 is 14.6 Å². The van der Waals surface area contributed by atoms with Gasteiger partial charge in [0, 0.05) is 13.2 Å². The van der Waals surface area contributed by atoms with Crippen LogP contribution in [0.1, 0.15) is 6.92 Å². The minimum absolute atomic E-state index is 0.206. The summed E-state index contributed by atoms with van der Waals surface area (Å²) in [5.74, 6) is 0. The minimum Gasteiger partial charge on any atom is -0.376 e. The van der Waals surface area contributed by atoms with Crippen LogP contribution in [0, 0.1) is 6.92 Å². The molecule has 1 radical (unpaired) electrons. The van der Waals surface area contributed by atoms with Crippen LogP contribution in [0.5, 0.6) is 0 Å². The third-order valence-electron chi connectivity index (χ3n) is 0.764. The molecule has 0 fully saturated rings. The van der Waals surface area contributed by atoms with Crippen molar-refractivity contribution in [3.05, 3.63) is 6.92 Å². The van der Waals surface area contributed by atoms with Crippen molar-refractivity contribution in [1.29, 1.82) is 0 Å². The lowest BCUT2D eigenvalue weighted by atomic mass is 10.6. The van der Waals surface area contributed by atoms with Crippen LogP contribution in [0.3, 0.4) is 0 Å². The number of aliphatic hydroxyl groups excluding tert-OH is 1. The second-order valence-corrected chi connectivity index (χ2v) is 1.48. The van der Waals surface area contributed by atoms with Crippen molar-refractivity contribution in [3.63, 3.8) is 0 Å². The lowest BCUT2D eigenvalue weighted by Gasteiger charge is -2.08. The SMILES string of the molecule is [CH2]COCC(O)OCC. The first kappa shape index (κ1) is 8.88. The maximum absolute atomic E-state index is 8.81. The zero-order chi connectivity index (χ0) is 7.11. The van der Waals surface area contributed by atoms with E-state index in [-0.39, 0.29) is 6.61 Å². The molecular formula is C6H13O3. The van der Waals surface area contributed by atoms with Crippen molar-refractivity contribution in [3.8, 4) is 0 Å². The molecule has 0 bridgehead atoms. The minimum atomic E-state index is -0.795. The number of hydrogen-bond donors (Lipinski definition) is 1. The first-order chi connectivity index (χ1) is 4.31. The van der Waals surface area contributed by atoms with Crippen molar-refractivity contribution >= 4 is 0 Å². The van der Waals surface area contributed by atoms with Gasteiger partial charge in [-0.3, -0.25) is 0 Å². The maximum Gasteiger partial charge on any atom is 0.178 e. The number of ether oxygens (including phenoxy) is 2. The lowest BCUT2D eigenvalue weighted by molar-refractivity contribution is -0.131. The average Bonchev–Trinajstić information content (AvgIpc) is 1.85. The fraction of sp³-hybridized carbons (Fsp3) is 0.833. The first-order valence-corrected chi connectivity index (χ1v) is 2.98. The predicted molar refractivity (Wildman–Crippen MR) is 33.8 cm³/mol. The molecule has 0 aliphatic heterocycles. The van der Waals surface area contributed by atoms with Gasteiger partial charge in [0.15, 0.2) is 6.29 Å². The molecule has 0 aliphatic rings. The van der Waals surface area contributed by atoms with E-state index in [2.05, 4.69) is 6.92 Å². The molecule has 0 amide bonds. The molecule has 0 aromatic carbocycles. The summed E-state index contributed by atoms with van der Waals surface area (Å²) in [6, 6.07) is 0. The molecule has 1 N–H and O–H groups in total. The van der Waals surface area contributed by atoms with Gasteiger partial charge in [-0.2, -0.15) is 0 Å². The summed E-state index contributed by atoms with van der Waals surface area (Å²) < 4.78 is 9.51. The van der Waals surface area contributed by atoms with E-state index in [1.807, 2.05) is 6.92 Å². The van der Waals surface area contributed by atoms with Gasteiger partial charge in [0.25, 0.3) is 0 Å². The largest absolute Gasteiger partial charge is 0.376 e. The van der Waals surface area contributed by atoms with Crippen molar-refractivity contribution in [2.24, 2.45) is 0 Å². The third kappa shape index (κ3) is 5.76. The molecule has 3 nitrogen and oxygen atoms in total. The maximum atomic E-state index is 8.81. The summed E-state index contributed by atoms with van der Waals surface area (Å²) >= 11 is 0. The third-order valence-corrected chi connectivity index (χ3v) is 0.764. The van der Waals surface area contributed by atoms with Crippen LogP contribution in [0.4, 0.5) is 0 Å². The average molecular weight is 133 g/mol. The van der Waals surface area contributed by atoms with Crippen molar-refractivity contribution in [1.82, 2.24) is 0 Å². The van der Waals surface area contributed by atoms with Crippen molar-refractivity contribution in [2.75, 3.05) is 19.8 Å². The van der Waals surface area contributed by atoms with Gasteiger partial charge >= 0.3 is 0 Å². The second kappa shape index (κ2) is 6.01. The Labute approximate surface area is 55.6 Å². The standard InChI is InChI=1S/C6H13O3/c1-3-8-5-6(7)9-4-2/h6-7H,1,3-5H2,2H3. The van der Waals surface area contributed by atoms with E-state index in [4.69, 9.17) is 14.6 Å². The van der Waals surface area contributed by atoms with E-state index >= 15 is 0 Å². The molecule has 55 valence electrons. The van der Waals surface area contributed by atoms with E-state index < -0.39 is 6.29 Å². The molecule has 9 heavy (non-hydrogen) atoms. The van der Waals surface area contributed by atoms with E-state index in [0.717, 1.165) is 0 Å². The second-order valence-electron chi connectivity index (χ2n) is 1.48. The molecule has 0 saturated carbocycles. The van der Waals surface area contributed by atoms with Gasteiger partial charge in [-0.15, -0.1) is 0 Å². The van der Waals surface area contributed by atoms with Crippen molar-refractivity contribution < 1.29 is 14.6 Å². The van der Waals surface area contributed by atoms with E-state index in [0.29, 0.717) is 13.2 Å². The van der Waals surface area contributed by atoms with Crippen LogP contribution < -0.4 is 0 Å². The Kier molecular flexibility index (Phi) is 5.93. The van der Waals surface area contributed by atoms with Crippen LogP contribution >= 0.6 is 0 Å². The Hall–Kier alpha value is -0.120. The Morgan fingerprint density at radius 3 is 2.78 bits per heavy atom. The molecular weight excluding hydrogens is 120 g/mol. The number of aliphatic hydroxyl groups is 1. The highest BCUT2D eigenvalue weighted by Gasteiger charge is 1.99. The summed E-state index contributed by atoms with van der Waals surface area (Å²) in [5.41, 5.74) is 0. The Morgan fingerprint density at radius 1 is 1.67 bits per heavy atom. The van der Waals surface area contributed by atoms with Crippen LogP contribution in [-0.2, 0) is 9.47 Å². The topological polar surface area (TPSA) is 38.7 Å². The first-order valence-electron chi connectivity index (χ1n) is 2.98. The van der Waals surface area contributed by atoms with Gasteiger partial charge in [-0.1, -0.05) is 0 Å². The zero-order valence-electron chi connectivity index (χ0n) is 5.67. The monoisotopic (exact) mass is 133 g/mol. The van der Waals surface area contributed by atoms with Gasteiger partial charge in [0.2, 0.25) is 0 Å². The van der Waals surface area contributed by atoms with Crippen molar-refractivity contribution in [2.45, 2.75) is 13.2 Å². The molecule has 3 heteroatoms. The summed E-state index contributed by atoms with van der Waals surface area (Å²) in [6.07, 6.45) is -0.795. The van der Waals surface area contributed by atoms with Gasteiger partial charge in [-0.05, 0) is 13.8 Å². The van der Waals surface area contributed by atoms with Crippen LogP contribution in [0.2, 0.25) is 0 Å². The highest BCUT2D eigenvalue weighted by molar-refractivity contribution is 4.37. The number of hydrogen-bond acceptors (Lipinski definition) is 3. The van der Waals surface area contributed by atoms with E-state index in [9.17, 15) is 0 Å². The zero-order valence-corrected chi connectivity index (χ0v) is 5.67. The van der Waals surface area contributed by atoms with Gasteiger partial charge in [0.1, 0.15) is 0 Å². The summed E-state index contributed by atoms with van der Waals surface area (Å²) in [5, 5.41) is 8.81. The normalized spacial score (nSPS) is 13.7. The highest BCUT2D eigenvalue weighted by atomic mass is 16.6. The fourth-order valence-electron chi connectivity index (χ4n) is 0.425. The van der Waals surface area contributed by atoms with Gasteiger partial charge in [0.05, 0.1) is 6.61 Å². The molecule has 0 saturated heterocycles. The molecule has 0 aromatic rings. The summed E-state index contributed by atoms with van der Waals surface area (Å²) in [4.78, 5) is 0. The molecule has 1 atom stereocenters. The molecule has 1 unspecified atom stereocenters. The van der Waals surface area contributed by atoms with Crippen LogP contribution in [0.15, 0.2) is 0 Å². The lowest BCUT2D eigenvalue weighted by Crippen LogP contribution is -2.18. The molecule has 0 spiro atoms. The van der Waals surface area contributed by atoms with Gasteiger partial charge in [-0.25, -0.2) is 0 Å². The Balaban J connectivity index is 2.95. The summed E-state index contributed by atoms with van der Waals surface area (Å²) in [7, 11) is 0. The fourth-order valence-corrected chi connectivity index (χ4v) is 0.425. The number of rotatable bonds is 5. The quantitative estimate of drug-likeness (QED) is 0.544. The van der Waals surface area contributed by atoms with Crippen LogP contribution in [-0.4, -0.2) is 31.2 Å². The van der Waals surface area contributed by atoms with E-state index in [1.165, 1.54) is 0 Å². The van der Waals surface area contributed by atoms with E-state index in [1.54, 1.807) is 0 Å². The smallest absolute Gasteiger partial charge is 0.178 e. The predicted octanol–water partition coefficient (Wildman–Crippen LogP) is 0.192. The molecule has 0 rings (SSSR count). The Bertz CT molecular complexity index is 56.3. The highest BCUT2D eigenvalue weighted by Crippen LogP contribution is 1.86. The van der Waals surface area contributed by atoms with Crippen LogP contribution in [0.25, 0.3) is 0 Å². The molecule has 0 aliphatic carbocycles. The summed E-state index contributed by atoms with van der Waals surface area (Å²) in [6.45, 7) is 6.31. The Morgan fingerprint density at radius 2 is 2.33 bits per heavy atom. The molecule has 0 heterocycles. The molecule has 0 aromatic heterocycles.